The van der Waals surface area contributed by atoms with Gasteiger partial charge in [-0.15, -0.1) is 11.3 Å². The standard InChI is InChI=1S/C18H24N2O4S/c1-9-6-7-12-13(8-9)25-17(14(12)15(19)21)20-16(22)10-4-2-3-5-11(10)18(23)24/h9-11H,2-8H2,1H3,(H2,19,21)(H,20,22)(H,23,24)/p-1/t9-,10-,11+/m1/s1. The molecule has 2 aliphatic rings. The van der Waals surface area contributed by atoms with Gasteiger partial charge in [0.15, 0.2) is 0 Å². The van der Waals surface area contributed by atoms with E-state index in [-0.39, 0.29) is 5.91 Å². The molecule has 0 unspecified atom stereocenters. The van der Waals surface area contributed by atoms with Gasteiger partial charge in [0, 0.05) is 22.7 Å². The maximum absolute atomic E-state index is 12.7. The van der Waals surface area contributed by atoms with E-state index >= 15 is 0 Å². The molecule has 1 aromatic heterocycles. The highest BCUT2D eigenvalue weighted by Gasteiger charge is 2.34. The molecule has 1 fully saturated rings. The highest BCUT2D eigenvalue weighted by Crippen LogP contribution is 2.40. The number of nitrogens with one attached hydrogen (secondary N) is 1. The van der Waals surface area contributed by atoms with E-state index in [1.54, 1.807) is 0 Å². The monoisotopic (exact) mass is 363 g/mol. The van der Waals surface area contributed by atoms with Crippen LogP contribution in [0, 0.1) is 17.8 Å². The fourth-order valence-electron chi connectivity index (χ4n) is 4.03. The van der Waals surface area contributed by atoms with Crippen molar-refractivity contribution in [2.45, 2.75) is 51.9 Å². The number of amides is 2. The predicted molar refractivity (Wildman–Crippen MR) is 93.1 cm³/mol. The average Bonchev–Trinajstić information content (AvgIpc) is 2.91. The summed E-state index contributed by atoms with van der Waals surface area (Å²) in [6.07, 6.45) is 5.25. The first-order valence-corrected chi connectivity index (χ1v) is 9.66. The van der Waals surface area contributed by atoms with Crippen molar-refractivity contribution in [3.63, 3.8) is 0 Å². The third-order valence-corrected chi connectivity index (χ3v) is 6.57. The molecule has 3 atom stereocenters. The van der Waals surface area contributed by atoms with Crippen molar-refractivity contribution in [1.29, 1.82) is 0 Å². The molecule has 7 heteroatoms. The van der Waals surface area contributed by atoms with Crippen molar-refractivity contribution in [3.8, 4) is 0 Å². The third kappa shape index (κ3) is 3.56. The van der Waals surface area contributed by atoms with E-state index in [4.69, 9.17) is 5.73 Å². The summed E-state index contributed by atoms with van der Waals surface area (Å²) in [5, 5.41) is 14.6. The predicted octanol–water partition coefficient (Wildman–Crippen LogP) is 1.47. The normalized spacial score (nSPS) is 25.9. The highest BCUT2D eigenvalue weighted by molar-refractivity contribution is 7.17. The topological polar surface area (TPSA) is 112 Å². The number of aliphatic carboxylic acids is 1. The molecule has 0 spiro atoms. The molecular weight excluding hydrogens is 340 g/mol. The number of carboxylic acid groups (broad SMARTS) is 1. The molecule has 2 aliphatic carbocycles. The van der Waals surface area contributed by atoms with Gasteiger partial charge in [0.1, 0.15) is 5.00 Å². The summed E-state index contributed by atoms with van der Waals surface area (Å²) in [5.41, 5.74) is 6.91. The summed E-state index contributed by atoms with van der Waals surface area (Å²) in [5.74, 6) is -2.89. The first-order valence-electron chi connectivity index (χ1n) is 8.84. The summed E-state index contributed by atoms with van der Waals surface area (Å²) in [6.45, 7) is 2.16. The highest BCUT2D eigenvalue weighted by atomic mass is 32.1. The van der Waals surface area contributed by atoms with Gasteiger partial charge < -0.3 is 21.0 Å². The second-order valence-corrected chi connectivity index (χ2v) is 8.33. The largest absolute Gasteiger partial charge is 0.550 e. The van der Waals surface area contributed by atoms with Gasteiger partial charge in [-0.1, -0.05) is 19.8 Å². The molecule has 25 heavy (non-hydrogen) atoms. The fourth-order valence-corrected chi connectivity index (χ4v) is 5.45. The van der Waals surface area contributed by atoms with Crippen LogP contribution in [0.15, 0.2) is 0 Å². The van der Waals surface area contributed by atoms with Crippen molar-refractivity contribution in [1.82, 2.24) is 0 Å². The van der Waals surface area contributed by atoms with Crippen molar-refractivity contribution in [3.05, 3.63) is 16.0 Å². The molecule has 3 rings (SSSR count). The van der Waals surface area contributed by atoms with Crippen LogP contribution in [0.25, 0.3) is 0 Å². The van der Waals surface area contributed by atoms with Crippen molar-refractivity contribution in [2.75, 3.05) is 5.32 Å². The Labute approximate surface area is 150 Å². The smallest absolute Gasteiger partial charge is 0.251 e. The van der Waals surface area contributed by atoms with Crippen molar-refractivity contribution >= 4 is 34.1 Å². The first kappa shape index (κ1) is 17.9. The van der Waals surface area contributed by atoms with Gasteiger partial charge in [-0.3, -0.25) is 9.59 Å². The molecule has 3 N–H and O–H groups in total. The lowest BCUT2D eigenvalue weighted by Gasteiger charge is -2.31. The van der Waals surface area contributed by atoms with E-state index < -0.39 is 23.7 Å². The molecule has 6 nitrogen and oxygen atoms in total. The van der Waals surface area contributed by atoms with Crippen LogP contribution in [0.4, 0.5) is 5.00 Å². The zero-order valence-electron chi connectivity index (χ0n) is 14.3. The maximum Gasteiger partial charge on any atom is 0.251 e. The number of rotatable bonds is 4. The Morgan fingerprint density at radius 3 is 2.48 bits per heavy atom. The Bertz CT molecular complexity index is 712. The van der Waals surface area contributed by atoms with Crippen molar-refractivity contribution in [2.24, 2.45) is 23.5 Å². The molecule has 0 saturated heterocycles. The van der Waals surface area contributed by atoms with Gasteiger partial charge in [0.05, 0.1) is 5.56 Å². The van der Waals surface area contributed by atoms with Gasteiger partial charge in [-0.05, 0) is 43.6 Å². The number of nitrogens with two attached hydrogens (primary N) is 1. The van der Waals surface area contributed by atoms with Crippen LogP contribution in [0.3, 0.4) is 0 Å². The Morgan fingerprint density at radius 2 is 1.84 bits per heavy atom. The van der Waals surface area contributed by atoms with E-state index in [0.29, 0.717) is 29.3 Å². The second-order valence-electron chi connectivity index (χ2n) is 7.23. The van der Waals surface area contributed by atoms with Crippen LogP contribution in [0.5, 0.6) is 0 Å². The minimum atomic E-state index is -1.17. The van der Waals surface area contributed by atoms with E-state index in [1.165, 1.54) is 11.3 Å². The summed E-state index contributed by atoms with van der Waals surface area (Å²) in [7, 11) is 0. The molecule has 1 heterocycles. The number of anilines is 1. The number of thiophene rings is 1. The minimum absolute atomic E-state index is 0.344. The lowest BCUT2D eigenvalue weighted by Crippen LogP contribution is -2.42. The van der Waals surface area contributed by atoms with Gasteiger partial charge in [-0.25, -0.2) is 0 Å². The number of carbonyl (C=O) groups excluding carboxylic acids is 3. The van der Waals surface area contributed by atoms with E-state index in [9.17, 15) is 19.5 Å². The average molecular weight is 363 g/mol. The number of primary amides is 1. The number of carbonyl (C=O) groups is 3. The number of carboxylic acids is 1. The lowest BCUT2D eigenvalue weighted by atomic mass is 9.78. The number of hydrogen-bond acceptors (Lipinski definition) is 5. The Hall–Kier alpha value is -1.89. The number of hydrogen-bond donors (Lipinski definition) is 2. The Balaban J connectivity index is 1.86. The first-order chi connectivity index (χ1) is 11.9. The van der Waals surface area contributed by atoms with Crippen LogP contribution in [-0.4, -0.2) is 17.8 Å². The molecule has 1 saturated carbocycles. The van der Waals surface area contributed by atoms with E-state index in [1.807, 2.05) is 0 Å². The van der Waals surface area contributed by atoms with Crippen LogP contribution in [0.1, 0.15) is 59.8 Å². The summed E-state index contributed by atoms with van der Waals surface area (Å²) in [6, 6.07) is 0. The van der Waals surface area contributed by atoms with E-state index in [2.05, 4.69) is 12.2 Å². The molecule has 2 amide bonds. The second kappa shape index (κ2) is 7.15. The third-order valence-electron chi connectivity index (χ3n) is 5.40. The molecule has 0 aliphatic heterocycles. The zero-order valence-corrected chi connectivity index (χ0v) is 15.1. The van der Waals surface area contributed by atoms with Crippen LogP contribution >= 0.6 is 11.3 Å². The minimum Gasteiger partial charge on any atom is -0.550 e. The molecule has 1 aromatic rings. The summed E-state index contributed by atoms with van der Waals surface area (Å²) in [4.78, 5) is 37.1. The van der Waals surface area contributed by atoms with E-state index in [0.717, 1.165) is 42.5 Å². The Morgan fingerprint density at radius 1 is 1.16 bits per heavy atom. The fraction of sp³-hybridized carbons (Fsp3) is 0.611. The SMILES string of the molecule is C[C@@H]1CCc2c(sc(NC(=O)[C@@H]3CCCC[C@@H]3C(=O)[O-])c2C(N)=O)C1. The molecule has 0 radical (unpaired) electrons. The van der Waals surface area contributed by atoms with Gasteiger partial charge in [0.25, 0.3) is 5.91 Å². The Kier molecular flexibility index (Phi) is 5.13. The van der Waals surface area contributed by atoms with Crippen molar-refractivity contribution < 1.29 is 19.5 Å². The van der Waals surface area contributed by atoms with Crippen LogP contribution in [0.2, 0.25) is 0 Å². The van der Waals surface area contributed by atoms with Gasteiger partial charge in [0.2, 0.25) is 5.91 Å². The molecular formula is C18H23N2O4S-. The molecule has 0 aromatic carbocycles. The summed E-state index contributed by atoms with van der Waals surface area (Å²) < 4.78 is 0. The number of fused-ring (bicyclic) bond motifs is 1. The lowest BCUT2D eigenvalue weighted by molar-refractivity contribution is -0.313. The zero-order chi connectivity index (χ0) is 18.1. The molecule has 0 bridgehead atoms. The van der Waals surface area contributed by atoms with Crippen LogP contribution in [-0.2, 0) is 22.4 Å². The molecule has 136 valence electrons. The quantitative estimate of drug-likeness (QED) is 0.843. The summed E-state index contributed by atoms with van der Waals surface area (Å²) >= 11 is 1.40. The maximum atomic E-state index is 12.7. The van der Waals surface area contributed by atoms with Gasteiger partial charge in [-0.2, -0.15) is 0 Å². The van der Waals surface area contributed by atoms with Crippen LogP contribution < -0.4 is 16.2 Å². The van der Waals surface area contributed by atoms with Gasteiger partial charge >= 0.3 is 0 Å².